The van der Waals surface area contributed by atoms with E-state index in [-0.39, 0.29) is 31.8 Å². The average molecular weight is 337 g/mol. The highest BCUT2D eigenvalue weighted by Gasteiger charge is 2.16. The molecule has 0 saturated heterocycles. The van der Waals surface area contributed by atoms with Gasteiger partial charge in [-0.1, -0.05) is 6.07 Å². The molecule has 1 aromatic heterocycles. The van der Waals surface area contributed by atoms with Crippen molar-refractivity contribution >= 4 is 11.9 Å². The number of hydrogen-bond donors (Lipinski definition) is 1. The number of amides is 1. The Morgan fingerprint density at radius 2 is 1.88 bits per heavy atom. The fourth-order valence-corrected chi connectivity index (χ4v) is 2.23. The summed E-state index contributed by atoms with van der Waals surface area (Å²) in [5.41, 5.74) is 1.25. The van der Waals surface area contributed by atoms with Crippen molar-refractivity contribution in [2.75, 3.05) is 6.54 Å². The van der Waals surface area contributed by atoms with Gasteiger partial charge < -0.3 is 14.4 Å². The third-order valence-corrected chi connectivity index (χ3v) is 3.51. The smallest absolute Gasteiger partial charge is 0.305 e. The first-order valence-corrected chi connectivity index (χ1v) is 7.40. The largest absolute Gasteiger partial charge is 0.481 e. The van der Waals surface area contributed by atoms with E-state index in [0.717, 1.165) is 17.7 Å². The zero-order valence-corrected chi connectivity index (χ0v) is 12.9. The Bertz CT molecular complexity index is 701. The van der Waals surface area contributed by atoms with Gasteiger partial charge in [0.2, 0.25) is 5.91 Å². The summed E-state index contributed by atoms with van der Waals surface area (Å²) >= 11 is 0. The molecule has 0 radical (unpaired) electrons. The van der Waals surface area contributed by atoms with Gasteiger partial charge in [-0.05, 0) is 35.7 Å². The molecule has 0 aliphatic carbocycles. The number of furan rings is 1. The third kappa shape index (κ3) is 5.19. The minimum atomic E-state index is -1.03. The summed E-state index contributed by atoms with van der Waals surface area (Å²) in [6.07, 6.45) is 3.44. The van der Waals surface area contributed by atoms with Crippen LogP contribution in [0.1, 0.15) is 24.0 Å². The topological polar surface area (TPSA) is 70.8 Å². The highest BCUT2D eigenvalue weighted by Crippen LogP contribution is 2.13. The zero-order chi connectivity index (χ0) is 17.5. The monoisotopic (exact) mass is 337 g/mol. The van der Waals surface area contributed by atoms with E-state index in [0.29, 0.717) is 12.0 Å². The Balaban J connectivity index is 2.03. The molecular weight excluding hydrogens is 320 g/mol. The molecule has 0 fully saturated rings. The lowest BCUT2D eigenvalue weighted by molar-refractivity contribution is -0.138. The van der Waals surface area contributed by atoms with Gasteiger partial charge >= 0.3 is 5.97 Å². The first-order valence-electron chi connectivity index (χ1n) is 7.40. The van der Waals surface area contributed by atoms with E-state index in [1.165, 1.54) is 23.5 Å². The maximum Gasteiger partial charge on any atom is 0.305 e. The van der Waals surface area contributed by atoms with Crippen LogP contribution in [0.5, 0.6) is 0 Å². The molecule has 0 aliphatic heterocycles. The van der Waals surface area contributed by atoms with Gasteiger partial charge in [0.05, 0.1) is 18.9 Å². The van der Waals surface area contributed by atoms with Crippen molar-refractivity contribution in [2.24, 2.45) is 0 Å². The molecule has 1 N–H and O–H groups in total. The molecule has 0 spiro atoms. The predicted octanol–water partition coefficient (Wildman–Crippen LogP) is 2.99. The van der Waals surface area contributed by atoms with Crippen LogP contribution in [0.25, 0.3) is 0 Å². The Morgan fingerprint density at radius 1 is 1.08 bits per heavy atom. The second-order valence-electron chi connectivity index (χ2n) is 5.34. The number of carboxylic acid groups (broad SMARTS) is 1. The maximum absolute atomic E-state index is 13.3. The lowest BCUT2D eigenvalue weighted by Crippen LogP contribution is -2.32. The van der Waals surface area contributed by atoms with Crippen LogP contribution in [0, 0.1) is 11.6 Å². The zero-order valence-electron chi connectivity index (χ0n) is 12.9. The number of halogens is 2. The SMILES string of the molecule is O=C(O)CCN(Cc1ccc(F)c(F)c1)C(=O)CCc1ccoc1. The molecule has 1 amide bonds. The molecule has 0 atom stereocenters. The Labute approximate surface area is 137 Å². The summed E-state index contributed by atoms with van der Waals surface area (Å²) in [6, 6.07) is 5.10. The Hall–Kier alpha value is -2.70. The van der Waals surface area contributed by atoms with Gasteiger partial charge in [0.25, 0.3) is 0 Å². The number of carbonyl (C=O) groups is 2. The Kier molecular flexibility index (Phi) is 6.06. The van der Waals surface area contributed by atoms with Crippen LogP contribution in [-0.2, 0) is 22.6 Å². The van der Waals surface area contributed by atoms with Crippen molar-refractivity contribution in [1.29, 1.82) is 0 Å². The van der Waals surface area contributed by atoms with Gasteiger partial charge in [-0.2, -0.15) is 0 Å². The number of nitrogens with zero attached hydrogens (tertiary/aromatic N) is 1. The number of rotatable bonds is 8. The summed E-state index contributed by atoms with van der Waals surface area (Å²) in [7, 11) is 0. The molecule has 0 aliphatic rings. The highest BCUT2D eigenvalue weighted by molar-refractivity contribution is 5.77. The van der Waals surface area contributed by atoms with E-state index in [4.69, 9.17) is 9.52 Å². The van der Waals surface area contributed by atoms with Crippen molar-refractivity contribution in [3.63, 3.8) is 0 Å². The Morgan fingerprint density at radius 3 is 2.50 bits per heavy atom. The summed E-state index contributed by atoms with van der Waals surface area (Å²) < 4.78 is 31.2. The van der Waals surface area contributed by atoms with Crippen molar-refractivity contribution in [2.45, 2.75) is 25.8 Å². The fraction of sp³-hybridized carbons (Fsp3) is 0.294. The van der Waals surface area contributed by atoms with Crippen LogP contribution in [-0.4, -0.2) is 28.4 Å². The number of aliphatic carboxylic acids is 1. The standard InChI is InChI=1S/C17H17F2NO4/c18-14-3-1-13(9-15(14)19)10-20(7-5-17(22)23)16(21)4-2-12-6-8-24-11-12/h1,3,6,8-9,11H,2,4-5,7,10H2,(H,22,23). The summed E-state index contributed by atoms with van der Waals surface area (Å²) in [6.45, 7) is 0.0211. The number of carboxylic acids is 1. The van der Waals surface area contributed by atoms with Gasteiger partial charge in [0.1, 0.15) is 0 Å². The van der Waals surface area contributed by atoms with Crippen molar-refractivity contribution in [3.05, 3.63) is 59.6 Å². The van der Waals surface area contributed by atoms with E-state index in [9.17, 15) is 18.4 Å². The van der Waals surface area contributed by atoms with Crippen LogP contribution in [0.3, 0.4) is 0 Å². The van der Waals surface area contributed by atoms with Gasteiger partial charge in [-0.15, -0.1) is 0 Å². The van der Waals surface area contributed by atoms with Crippen LogP contribution < -0.4 is 0 Å². The van der Waals surface area contributed by atoms with Crippen LogP contribution in [0.15, 0.2) is 41.2 Å². The summed E-state index contributed by atoms with van der Waals surface area (Å²) in [5, 5.41) is 8.81. The number of carbonyl (C=O) groups excluding carboxylic acids is 1. The molecule has 2 rings (SSSR count). The van der Waals surface area contributed by atoms with Crippen LogP contribution in [0.2, 0.25) is 0 Å². The van der Waals surface area contributed by atoms with Crippen molar-refractivity contribution in [3.8, 4) is 0 Å². The quantitative estimate of drug-likeness (QED) is 0.804. The number of hydrogen-bond acceptors (Lipinski definition) is 3. The van der Waals surface area contributed by atoms with E-state index >= 15 is 0 Å². The van der Waals surface area contributed by atoms with Gasteiger partial charge in [-0.3, -0.25) is 9.59 Å². The summed E-state index contributed by atoms with van der Waals surface area (Å²) in [5.74, 6) is -3.27. The normalized spacial score (nSPS) is 10.6. The molecule has 1 heterocycles. The molecule has 0 saturated carbocycles. The van der Waals surface area contributed by atoms with Crippen LogP contribution in [0.4, 0.5) is 8.78 Å². The van der Waals surface area contributed by atoms with Gasteiger partial charge in [0.15, 0.2) is 11.6 Å². The minimum absolute atomic E-state index is 0.00144. The number of aryl methyl sites for hydroxylation is 1. The molecule has 2 aromatic rings. The molecule has 0 bridgehead atoms. The van der Waals surface area contributed by atoms with E-state index in [1.807, 2.05) is 0 Å². The highest BCUT2D eigenvalue weighted by atomic mass is 19.2. The van der Waals surface area contributed by atoms with Gasteiger partial charge in [-0.25, -0.2) is 8.78 Å². The second kappa shape index (κ2) is 8.24. The first kappa shape index (κ1) is 17.7. The molecule has 128 valence electrons. The fourth-order valence-electron chi connectivity index (χ4n) is 2.23. The van der Waals surface area contributed by atoms with E-state index in [1.54, 1.807) is 6.07 Å². The lowest BCUT2D eigenvalue weighted by atomic mass is 10.1. The molecule has 0 unspecified atom stereocenters. The second-order valence-corrected chi connectivity index (χ2v) is 5.34. The predicted molar refractivity (Wildman–Crippen MR) is 81.1 cm³/mol. The van der Waals surface area contributed by atoms with Crippen LogP contribution >= 0.6 is 0 Å². The molecule has 5 nitrogen and oxygen atoms in total. The minimum Gasteiger partial charge on any atom is -0.481 e. The van der Waals surface area contributed by atoms with Crippen molar-refractivity contribution in [1.82, 2.24) is 4.90 Å². The van der Waals surface area contributed by atoms with Crippen molar-refractivity contribution < 1.29 is 27.9 Å². The molecule has 7 heteroatoms. The molecule has 1 aromatic carbocycles. The molecule has 24 heavy (non-hydrogen) atoms. The lowest BCUT2D eigenvalue weighted by Gasteiger charge is -2.22. The van der Waals surface area contributed by atoms with E-state index < -0.39 is 17.6 Å². The average Bonchev–Trinajstić information content (AvgIpc) is 3.05. The maximum atomic E-state index is 13.3. The molecular formula is C17H17F2NO4. The van der Waals surface area contributed by atoms with E-state index in [2.05, 4.69) is 0 Å². The number of benzene rings is 1. The first-order chi connectivity index (χ1) is 11.5. The third-order valence-electron chi connectivity index (χ3n) is 3.51. The summed E-state index contributed by atoms with van der Waals surface area (Å²) in [4.78, 5) is 24.4. The van der Waals surface area contributed by atoms with Gasteiger partial charge in [0, 0.05) is 19.5 Å².